The van der Waals surface area contributed by atoms with Crippen LogP contribution in [0.1, 0.15) is 16.2 Å². The predicted molar refractivity (Wildman–Crippen MR) is 114 cm³/mol. The maximum Gasteiger partial charge on any atom is 0.435 e. The molecule has 14 heteroatoms. The standard InChI is InChI=1S/C20H11ClF3N9O/c21-14-8-12(10-26-18(14)33-27-6-7-28-33)29-19(34)16-17(20(22,23)24)32(31-30-16)15-3-1-2-11-9-25-5-4-13(11)15/h1-10H,(H,29,34). The number of hydrogen-bond acceptors (Lipinski definition) is 7. The van der Waals surface area contributed by atoms with Gasteiger partial charge in [0.1, 0.15) is 0 Å². The van der Waals surface area contributed by atoms with Gasteiger partial charge in [0.15, 0.2) is 17.2 Å². The number of carbonyl (C=O) groups excluding carboxylic acids is 1. The summed E-state index contributed by atoms with van der Waals surface area (Å²) in [5.74, 6) is -0.958. The van der Waals surface area contributed by atoms with Gasteiger partial charge in [0.05, 0.1) is 35.0 Å². The summed E-state index contributed by atoms with van der Waals surface area (Å²) in [5.41, 5.74) is -2.09. The Bertz CT molecular complexity index is 1510. The van der Waals surface area contributed by atoms with E-state index in [0.717, 1.165) is 4.80 Å². The third-order valence-electron chi connectivity index (χ3n) is 4.73. The average molecular weight is 486 g/mol. The minimum absolute atomic E-state index is 0.0461. The molecule has 0 radical (unpaired) electrons. The number of pyridine rings is 2. The van der Waals surface area contributed by atoms with Crippen LogP contribution < -0.4 is 5.32 Å². The fraction of sp³-hybridized carbons (Fsp3) is 0.0500. The first-order chi connectivity index (χ1) is 16.3. The summed E-state index contributed by atoms with van der Waals surface area (Å²) in [6, 6.07) is 7.56. The Kier molecular flexibility index (Phi) is 5.17. The van der Waals surface area contributed by atoms with Crippen LogP contribution in [-0.4, -0.2) is 45.9 Å². The zero-order valence-corrected chi connectivity index (χ0v) is 17.5. The van der Waals surface area contributed by atoms with E-state index in [4.69, 9.17) is 11.6 Å². The summed E-state index contributed by atoms with van der Waals surface area (Å²) in [7, 11) is 0. The number of halogens is 4. The van der Waals surface area contributed by atoms with Gasteiger partial charge >= 0.3 is 6.18 Å². The summed E-state index contributed by atoms with van der Waals surface area (Å²) in [4.78, 5) is 21.9. The molecule has 0 saturated carbocycles. The summed E-state index contributed by atoms with van der Waals surface area (Å²) in [5, 5.41) is 18.4. The molecule has 0 unspecified atom stereocenters. The van der Waals surface area contributed by atoms with Crippen LogP contribution in [0, 0.1) is 0 Å². The van der Waals surface area contributed by atoms with E-state index < -0.39 is 23.5 Å². The molecule has 5 rings (SSSR count). The van der Waals surface area contributed by atoms with Crippen LogP contribution in [0.15, 0.2) is 61.3 Å². The van der Waals surface area contributed by atoms with Crippen molar-refractivity contribution in [2.24, 2.45) is 0 Å². The second-order valence-electron chi connectivity index (χ2n) is 6.87. The molecule has 1 amide bonds. The average Bonchev–Trinajstić information content (AvgIpc) is 3.49. The molecule has 0 aliphatic rings. The first kappa shape index (κ1) is 21.5. The Morgan fingerprint density at radius 1 is 1.06 bits per heavy atom. The van der Waals surface area contributed by atoms with E-state index in [9.17, 15) is 18.0 Å². The van der Waals surface area contributed by atoms with Crippen molar-refractivity contribution in [1.82, 2.24) is 40.0 Å². The maximum atomic E-state index is 14.1. The predicted octanol–water partition coefficient (Wildman–Crippen LogP) is 3.72. The third kappa shape index (κ3) is 3.81. The summed E-state index contributed by atoms with van der Waals surface area (Å²) in [6.45, 7) is 0. The molecule has 4 heterocycles. The number of alkyl halides is 3. The van der Waals surface area contributed by atoms with Gasteiger partial charge in [-0.3, -0.25) is 9.78 Å². The van der Waals surface area contributed by atoms with Crippen LogP contribution in [0.2, 0.25) is 5.02 Å². The van der Waals surface area contributed by atoms with E-state index >= 15 is 0 Å². The first-order valence-electron chi connectivity index (χ1n) is 9.52. The highest BCUT2D eigenvalue weighted by molar-refractivity contribution is 6.32. The monoisotopic (exact) mass is 485 g/mol. The van der Waals surface area contributed by atoms with Crippen molar-refractivity contribution < 1.29 is 18.0 Å². The molecule has 1 N–H and O–H groups in total. The lowest BCUT2D eigenvalue weighted by molar-refractivity contribution is -0.143. The van der Waals surface area contributed by atoms with Gasteiger partial charge in [0, 0.05) is 23.2 Å². The van der Waals surface area contributed by atoms with E-state index in [1.165, 1.54) is 43.1 Å². The molecular formula is C20H11ClF3N9O. The highest BCUT2D eigenvalue weighted by Crippen LogP contribution is 2.34. The number of benzene rings is 1. The molecule has 10 nitrogen and oxygen atoms in total. The van der Waals surface area contributed by atoms with Gasteiger partial charge in [-0.15, -0.1) is 9.90 Å². The van der Waals surface area contributed by atoms with Crippen LogP contribution >= 0.6 is 11.6 Å². The van der Waals surface area contributed by atoms with Crippen LogP contribution in [-0.2, 0) is 6.18 Å². The number of nitrogens with one attached hydrogen (secondary N) is 1. The zero-order valence-electron chi connectivity index (χ0n) is 16.8. The van der Waals surface area contributed by atoms with Gasteiger partial charge in [-0.2, -0.15) is 23.4 Å². The highest BCUT2D eigenvalue weighted by atomic mass is 35.5. The molecule has 1 aromatic carbocycles. The number of amides is 1. The van der Waals surface area contributed by atoms with E-state index in [-0.39, 0.29) is 22.2 Å². The van der Waals surface area contributed by atoms with Crippen molar-refractivity contribution >= 4 is 34.0 Å². The number of rotatable bonds is 4. The Hall–Kier alpha value is -4.39. The quantitative estimate of drug-likeness (QED) is 0.412. The van der Waals surface area contributed by atoms with Crippen LogP contribution in [0.4, 0.5) is 18.9 Å². The van der Waals surface area contributed by atoms with Gasteiger partial charge in [0.2, 0.25) is 0 Å². The van der Waals surface area contributed by atoms with Crippen LogP contribution in [0.25, 0.3) is 22.3 Å². The Labute approximate surface area is 193 Å². The summed E-state index contributed by atoms with van der Waals surface area (Å²) in [6.07, 6.45) is 2.07. The second-order valence-corrected chi connectivity index (χ2v) is 7.28. The maximum absolute atomic E-state index is 14.1. The molecular weight excluding hydrogens is 475 g/mol. The molecule has 5 aromatic rings. The van der Waals surface area contributed by atoms with Crippen LogP contribution in [0.3, 0.4) is 0 Å². The van der Waals surface area contributed by atoms with Crippen molar-refractivity contribution in [3.63, 3.8) is 0 Å². The molecule has 0 saturated heterocycles. The molecule has 0 fully saturated rings. The van der Waals surface area contributed by atoms with Gasteiger partial charge in [0.25, 0.3) is 5.91 Å². The topological polar surface area (TPSA) is 116 Å². The molecule has 0 spiro atoms. The smallest absolute Gasteiger partial charge is 0.319 e. The molecule has 0 aliphatic heterocycles. The number of carbonyl (C=O) groups is 1. The molecule has 34 heavy (non-hydrogen) atoms. The largest absolute Gasteiger partial charge is 0.435 e. The first-order valence-corrected chi connectivity index (χ1v) is 9.90. The van der Waals surface area contributed by atoms with Gasteiger partial charge in [-0.1, -0.05) is 28.9 Å². The lowest BCUT2D eigenvalue weighted by Crippen LogP contribution is -2.21. The third-order valence-corrected chi connectivity index (χ3v) is 5.01. The van der Waals surface area contributed by atoms with Gasteiger partial charge in [-0.25, -0.2) is 9.67 Å². The molecule has 0 bridgehead atoms. The fourth-order valence-corrected chi connectivity index (χ4v) is 3.55. The van der Waals surface area contributed by atoms with Gasteiger partial charge < -0.3 is 5.32 Å². The van der Waals surface area contributed by atoms with Crippen LogP contribution in [0.5, 0.6) is 0 Å². The van der Waals surface area contributed by atoms with Crippen molar-refractivity contribution in [3.05, 3.63) is 77.7 Å². The summed E-state index contributed by atoms with van der Waals surface area (Å²) < 4.78 is 42.8. The minimum Gasteiger partial charge on any atom is -0.319 e. The number of anilines is 1. The lowest BCUT2D eigenvalue weighted by Gasteiger charge is -2.13. The molecule has 0 atom stereocenters. The highest BCUT2D eigenvalue weighted by Gasteiger charge is 2.42. The SMILES string of the molecule is O=C(Nc1cnc(-n2nccn2)c(Cl)c1)c1nnn(-c2cccc3cnccc23)c1C(F)(F)F. The van der Waals surface area contributed by atoms with E-state index in [1.54, 1.807) is 18.2 Å². The molecule has 170 valence electrons. The van der Waals surface area contributed by atoms with Gasteiger partial charge in [-0.05, 0) is 18.2 Å². The normalized spacial score (nSPS) is 11.6. The van der Waals surface area contributed by atoms with Crippen molar-refractivity contribution in [1.29, 1.82) is 0 Å². The molecule has 0 aliphatic carbocycles. The van der Waals surface area contributed by atoms with E-state index in [1.807, 2.05) is 0 Å². The van der Waals surface area contributed by atoms with E-state index in [0.29, 0.717) is 15.5 Å². The summed E-state index contributed by atoms with van der Waals surface area (Å²) >= 11 is 6.16. The Morgan fingerprint density at radius 2 is 1.85 bits per heavy atom. The fourth-order valence-electron chi connectivity index (χ4n) is 3.31. The number of fused-ring (bicyclic) bond motifs is 1. The second kappa shape index (κ2) is 8.19. The lowest BCUT2D eigenvalue weighted by atomic mass is 10.1. The number of nitrogens with zero attached hydrogens (tertiary/aromatic N) is 8. The van der Waals surface area contributed by atoms with E-state index in [2.05, 4.69) is 35.8 Å². The Balaban J connectivity index is 1.53. The number of aromatic nitrogens is 8. The Morgan fingerprint density at radius 3 is 2.59 bits per heavy atom. The van der Waals surface area contributed by atoms with Crippen molar-refractivity contribution in [2.45, 2.75) is 6.18 Å². The molecule has 4 aromatic heterocycles. The number of hydrogen-bond donors (Lipinski definition) is 1. The minimum atomic E-state index is -4.93. The zero-order chi connectivity index (χ0) is 23.9. The van der Waals surface area contributed by atoms with Crippen molar-refractivity contribution in [3.8, 4) is 11.5 Å². The van der Waals surface area contributed by atoms with Crippen molar-refractivity contribution in [2.75, 3.05) is 5.32 Å².